The highest BCUT2D eigenvalue weighted by Crippen LogP contribution is 2.25. The largest absolute Gasteiger partial charge is 0.334 e. The van der Waals surface area contributed by atoms with Gasteiger partial charge in [0.15, 0.2) is 0 Å². The van der Waals surface area contributed by atoms with Crippen LogP contribution in [0.25, 0.3) is 0 Å². The second-order valence-electron chi connectivity index (χ2n) is 8.22. The Hall–Kier alpha value is -1.14. The van der Waals surface area contributed by atoms with Gasteiger partial charge in [0, 0.05) is 45.1 Å². The Morgan fingerprint density at radius 2 is 2.04 bits per heavy atom. The van der Waals surface area contributed by atoms with E-state index in [9.17, 15) is 9.59 Å². The molecule has 2 aliphatic rings. The molecule has 2 amide bonds. The smallest absolute Gasteiger partial charge is 0.317 e. The number of amides is 2. The van der Waals surface area contributed by atoms with Crippen LogP contribution in [-0.2, 0) is 4.79 Å². The zero-order chi connectivity index (χ0) is 19.5. The summed E-state index contributed by atoms with van der Waals surface area (Å²) in [5.74, 6) is 0.804. The van der Waals surface area contributed by atoms with Crippen molar-refractivity contribution in [3.63, 3.8) is 0 Å². The second-order valence-corrected chi connectivity index (χ2v) is 8.22. The molecule has 2 atom stereocenters. The Morgan fingerprint density at radius 1 is 1.26 bits per heavy atom. The standard InChI is InChI=1S/C21H40N4O2/c1-3-10-22-17-19(15-18-8-7-9-20(26)16-18)23-21(27)25(4-2)14-13-24-11-5-6-12-24/h18-19,22H,3-17H2,1-2H3,(H,23,27)/t18-,19+/m1/s1. The lowest BCUT2D eigenvalue weighted by Crippen LogP contribution is -2.50. The lowest BCUT2D eigenvalue weighted by molar-refractivity contribution is -0.121. The van der Waals surface area contributed by atoms with E-state index in [1.807, 2.05) is 11.8 Å². The SMILES string of the molecule is CCCNC[C@H](C[C@H]1CCCC(=O)C1)NC(=O)N(CC)CCN1CCCC1. The third kappa shape index (κ3) is 8.18. The third-order valence-electron chi connectivity index (χ3n) is 5.90. The van der Waals surface area contributed by atoms with E-state index in [1.165, 1.54) is 25.9 Å². The van der Waals surface area contributed by atoms with Crippen molar-refractivity contribution in [2.45, 2.75) is 71.3 Å². The molecular weight excluding hydrogens is 340 g/mol. The molecule has 1 saturated carbocycles. The molecule has 0 unspecified atom stereocenters. The van der Waals surface area contributed by atoms with Crippen molar-refractivity contribution in [2.24, 2.45) is 5.92 Å². The molecule has 0 radical (unpaired) electrons. The number of rotatable bonds is 11. The van der Waals surface area contributed by atoms with Crippen LogP contribution in [0.15, 0.2) is 0 Å². The number of hydrogen-bond donors (Lipinski definition) is 2. The number of Topliss-reactive ketones (excluding diaryl/α,β-unsaturated/α-hetero) is 1. The number of nitrogens with zero attached hydrogens (tertiary/aromatic N) is 2. The van der Waals surface area contributed by atoms with Crippen molar-refractivity contribution in [3.05, 3.63) is 0 Å². The molecule has 2 N–H and O–H groups in total. The minimum Gasteiger partial charge on any atom is -0.334 e. The number of likely N-dealkylation sites (tertiary alicyclic amines) is 1. The van der Waals surface area contributed by atoms with Crippen LogP contribution in [0.1, 0.15) is 65.2 Å². The Balaban J connectivity index is 1.83. The van der Waals surface area contributed by atoms with Gasteiger partial charge >= 0.3 is 6.03 Å². The number of nitrogens with one attached hydrogen (secondary N) is 2. The highest BCUT2D eigenvalue weighted by atomic mass is 16.2. The summed E-state index contributed by atoms with van der Waals surface area (Å²) >= 11 is 0. The first-order chi connectivity index (χ1) is 13.1. The van der Waals surface area contributed by atoms with Gasteiger partial charge < -0.3 is 20.4 Å². The van der Waals surface area contributed by atoms with E-state index in [0.717, 1.165) is 64.8 Å². The van der Waals surface area contributed by atoms with Gasteiger partial charge in [0.2, 0.25) is 0 Å². The normalized spacial score (nSPS) is 22.0. The number of carbonyl (C=O) groups excluding carboxylic acids is 2. The maximum atomic E-state index is 12.8. The van der Waals surface area contributed by atoms with E-state index in [0.29, 0.717) is 18.1 Å². The zero-order valence-corrected chi connectivity index (χ0v) is 17.5. The number of carbonyl (C=O) groups is 2. The molecule has 27 heavy (non-hydrogen) atoms. The summed E-state index contributed by atoms with van der Waals surface area (Å²) in [6, 6.07) is 0.142. The summed E-state index contributed by atoms with van der Waals surface area (Å²) < 4.78 is 0. The van der Waals surface area contributed by atoms with E-state index < -0.39 is 0 Å². The lowest BCUT2D eigenvalue weighted by atomic mass is 9.84. The number of hydrogen-bond acceptors (Lipinski definition) is 4. The third-order valence-corrected chi connectivity index (χ3v) is 5.90. The average molecular weight is 381 g/mol. The van der Waals surface area contributed by atoms with E-state index in [4.69, 9.17) is 0 Å². The first-order valence-electron chi connectivity index (χ1n) is 11.1. The topological polar surface area (TPSA) is 64.7 Å². The Morgan fingerprint density at radius 3 is 2.70 bits per heavy atom. The van der Waals surface area contributed by atoms with E-state index in [2.05, 4.69) is 22.5 Å². The Kier molecular flexibility index (Phi) is 10.1. The van der Waals surface area contributed by atoms with Crippen LogP contribution in [0.3, 0.4) is 0 Å². The molecule has 0 bridgehead atoms. The quantitative estimate of drug-likeness (QED) is 0.541. The van der Waals surface area contributed by atoms with Crippen molar-refractivity contribution in [3.8, 4) is 0 Å². The molecule has 0 aromatic rings. The van der Waals surface area contributed by atoms with Crippen LogP contribution in [0.4, 0.5) is 4.79 Å². The lowest BCUT2D eigenvalue weighted by Gasteiger charge is -2.30. The maximum absolute atomic E-state index is 12.8. The fourth-order valence-electron chi connectivity index (χ4n) is 4.30. The average Bonchev–Trinajstić information content (AvgIpc) is 3.16. The van der Waals surface area contributed by atoms with Crippen LogP contribution in [-0.4, -0.2) is 73.5 Å². The van der Waals surface area contributed by atoms with Crippen molar-refractivity contribution >= 4 is 11.8 Å². The van der Waals surface area contributed by atoms with Gasteiger partial charge in [-0.2, -0.15) is 0 Å². The summed E-state index contributed by atoms with van der Waals surface area (Å²) in [6.45, 7) is 10.8. The summed E-state index contributed by atoms with van der Waals surface area (Å²) in [6.07, 6.45) is 8.08. The molecule has 0 aromatic carbocycles. The van der Waals surface area contributed by atoms with Crippen LogP contribution < -0.4 is 10.6 Å². The molecule has 0 spiro atoms. The van der Waals surface area contributed by atoms with Gasteiger partial charge in [-0.3, -0.25) is 4.79 Å². The van der Waals surface area contributed by atoms with E-state index >= 15 is 0 Å². The van der Waals surface area contributed by atoms with Crippen LogP contribution >= 0.6 is 0 Å². The summed E-state index contributed by atoms with van der Waals surface area (Å²) in [5.41, 5.74) is 0. The second kappa shape index (κ2) is 12.3. The van der Waals surface area contributed by atoms with Gasteiger partial charge in [0.05, 0.1) is 0 Å². The van der Waals surface area contributed by atoms with Gasteiger partial charge in [-0.15, -0.1) is 0 Å². The molecule has 0 aromatic heterocycles. The fraction of sp³-hybridized carbons (Fsp3) is 0.905. The van der Waals surface area contributed by atoms with Gasteiger partial charge in [0.1, 0.15) is 5.78 Å². The summed E-state index contributed by atoms with van der Waals surface area (Å²) in [5, 5.41) is 6.71. The van der Waals surface area contributed by atoms with E-state index in [-0.39, 0.29) is 12.1 Å². The minimum atomic E-state index is 0.0436. The predicted octanol–water partition coefficient (Wildman–Crippen LogP) is 2.63. The number of ketones is 1. The molecule has 156 valence electrons. The fourth-order valence-corrected chi connectivity index (χ4v) is 4.30. The van der Waals surface area contributed by atoms with Gasteiger partial charge in [-0.25, -0.2) is 4.79 Å². The molecule has 6 nitrogen and oxygen atoms in total. The van der Waals surface area contributed by atoms with Crippen molar-refractivity contribution in [1.29, 1.82) is 0 Å². The molecule has 1 aliphatic heterocycles. The van der Waals surface area contributed by atoms with Crippen molar-refractivity contribution in [2.75, 3.05) is 45.8 Å². The van der Waals surface area contributed by atoms with Crippen LogP contribution in [0, 0.1) is 5.92 Å². The zero-order valence-electron chi connectivity index (χ0n) is 17.5. The van der Waals surface area contributed by atoms with Crippen LogP contribution in [0.5, 0.6) is 0 Å². The van der Waals surface area contributed by atoms with Crippen molar-refractivity contribution < 1.29 is 9.59 Å². The molecule has 6 heteroatoms. The predicted molar refractivity (Wildman–Crippen MR) is 110 cm³/mol. The molecule has 1 heterocycles. The first kappa shape index (κ1) is 22.2. The molecular formula is C21H40N4O2. The summed E-state index contributed by atoms with van der Waals surface area (Å²) in [4.78, 5) is 29.0. The first-order valence-corrected chi connectivity index (χ1v) is 11.1. The highest BCUT2D eigenvalue weighted by molar-refractivity contribution is 5.79. The molecule has 2 rings (SSSR count). The van der Waals surface area contributed by atoms with Crippen molar-refractivity contribution in [1.82, 2.24) is 20.4 Å². The van der Waals surface area contributed by atoms with Gasteiger partial charge in [0.25, 0.3) is 0 Å². The highest BCUT2D eigenvalue weighted by Gasteiger charge is 2.25. The Labute approximate surface area is 165 Å². The van der Waals surface area contributed by atoms with Gasteiger partial charge in [-0.1, -0.05) is 6.92 Å². The van der Waals surface area contributed by atoms with E-state index in [1.54, 1.807) is 0 Å². The summed E-state index contributed by atoms with van der Waals surface area (Å²) in [7, 11) is 0. The Bertz CT molecular complexity index is 451. The minimum absolute atomic E-state index is 0.0436. The molecule has 1 saturated heterocycles. The number of likely N-dealkylation sites (N-methyl/N-ethyl adjacent to an activating group) is 1. The van der Waals surface area contributed by atoms with Crippen LogP contribution in [0.2, 0.25) is 0 Å². The maximum Gasteiger partial charge on any atom is 0.317 e. The molecule has 2 fully saturated rings. The monoisotopic (exact) mass is 380 g/mol. The van der Waals surface area contributed by atoms with Gasteiger partial charge in [-0.05, 0) is 71.0 Å². The number of urea groups is 1. The molecule has 1 aliphatic carbocycles.